The van der Waals surface area contributed by atoms with Gasteiger partial charge in [0.25, 0.3) is 0 Å². The third-order valence-corrected chi connectivity index (χ3v) is 7.10. The highest BCUT2D eigenvalue weighted by Gasteiger charge is 2.29. The second kappa shape index (κ2) is 9.80. The molecule has 0 aliphatic carbocycles. The van der Waals surface area contributed by atoms with Crippen LogP contribution in [0.2, 0.25) is 0 Å². The van der Waals surface area contributed by atoms with E-state index in [1.54, 1.807) is 0 Å². The van der Waals surface area contributed by atoms with E-state index in [-0.39, 0.29) is 0 Å². The lowest BCUT2D eigenvalue weighted by Gasteiger charge is -2.35. The molecule has 27 heavy (non-hydrogen) atoms. The van der Waals surface area contributed by atoms with Crippen molar-refractivity contribution in [2.45, 2.75) is 37.5 Å². The summed E-state index contributed by atoms with van der Waals surface area (Å²) in [5, 5.41) is 7.11. The maximum absolute atomic E-state index is 5.56. The van der Waals surface area contributed by atoms with Crippen molar-refractivity contribution >= 4 is 17.7 Å². The van der Waals surface area contributed by atoms with Crippen LogP contribution >= 0.6 is 11.8 Å². The summed E-state index contributed by atoms with van der Waals surface area (Å²) in [7, 11) is 1.86. The van der Waals surface area contributed by atoms with Gasteiger partial charge in [-0.15, -0.1) is 0 Å². The number of guanidine groups is 1. The number of hydrogen-bond acceptors (Lipinski definition) is 4. The largest absolute Gasteiger partial charge is 0.379 e. The van der Waals surface area contributed by atoms with Gasteiger partial charge < -0.3 is 15.4 Å². The monoisotopic (exact) mass is 390 g/mol. The van der Waals surface area contributed by atoms with Gasteiger partial charge in [0.15, 0.2) is 5.96 Å². The molecule has 0 spiro atoms. The number of morpholine rings is 1. The first-order chi connectivity index (χ1) is 13.1. The summed E-state index contributed by atoms with van der Waals surface area (Å²) >= 11 is 2.08. The molecule has 2 aliphatic rings. The number of hydrogen-bond donors (Lipinski definition) is 2. The van der Waals surface area contributed by atoms with Gasteiger partial charge in [-0.25, -0.2) is 0 Å². The highest BCUT2D eigenvalue weighted by Crippen LogP contribution is 2.36. The van der Waals surface area contributed by atoms with Crippen molar-refractivity contribution in [3.63, 3.8) is 0 Å². The first kappa shape index (κ1) is 20.5. The number of nitrogens with zero attached hydrogens (tertiary/aromatic N) is 2. The number of ether oxygens (including phenoxy) is 1. The van der Waals surface area contributed by atoms with E-state index in [4.69, 9.17) is 4.74 Å². The first-order valence-corrected chi connectivity index (χ1v) is 11.0. The molecule has 1 aromatic rings. The van der Waals surface area contributed by atoms with E-state index < -0.39 is 0 Å². The Morgan fingerprint density at radius 3 is 2.63 bits per heavy atom. The third kappa shape index (κ3) is 5.87. The maximum Gasteiger partial charge on any atom is 0.191 e. The summed E-state index contributed by atoms with van der Waals surface area (Å²) in [6.07, 6.45) is 2.60. The van der Waals surface area contributed by atoms with Crippen LogP contribution in [-0.4, -0.2) is 67.8 Å². The van der Waals surface area contributed by atoms with E-state index in [0.717, 1.165) is 45.4 Å². The topological polar surface area (TPSA) is 48.9 Å². The van der Waals surface area contributed by atoms with E-state index in [1.807, 2.05) is 7.05 Å². The minimum Gasteiger partial charge on any atom is -0.379 e. The van der Waals surface area contributed by atoms with Crippen LogP contribution in [0, 0.1) is 6.92 Å². The van der Waals surface area contributed by atoms with Crippen molar-refractivity contribution in [3.8, 4) is 0 Å². The van der Waals surface area contributed by atoms with E-state index in [0.29, 0.717) is 10.8 Å². The van der Waals surface area contributed by atoms with Crippen LogP contribution in [0.5, 0.6) is 0 Å². The molecule has 2 heterocycles. The number of rotatable bonds is 6. The van der Waals surface area contributed by atoms with Crippen molar-refractivity contribution in [1.29, 1.82) is 0 Å². The van der Waals surface area contributed by atoms with E-state index in [1.165, 1.54) is 29.7 Å². The van der Waals surface area contributed by atoms with Crippen LogP contribution in [0.1, 0.15) is 36.9 Å². The molecule has 0 amide bonds. The minimum atomic E-state index is 0.324. The molecular weight excluding hydrogens is 356 g/mol. The van der Waals surface area contributed by atoms with Crippen LogP contribution in [0.4, 0.5) is 0 Å². The summed E-state index contributed by atoms with van der Waals surface area (Å²) in [5.74, 6) is 2.17. The van der Waals surface area contributed by atoms with Crippen LogP contribution in [0.25, 0.3) is 0 Å². The van der Waals surface area contributed by atoms with Gasteiger partial charge >= 0.3 is 0 Å². The van der Waals surface area contributed by atoms with Crippen molar-refractivity contribution in [2.75, 3.05) is 52.2 Å². The van der Waals surface area contributed by atoms with Gasteiger partial charge in [-0.1, -0.05) is 29.8 Å². The van der Waals surface area contributed by atoms with Crippen molar-refractivity contribution < 1.29 is 4.74 Å². The normalized spacial score (nSPS) is 25.4. The second-order valence-corrected chi connectivity index (χ2v) is 9.47. The lowest BCUT2D eigenvalue weighted by atomic mass is 10.0. The molecule has 2 saturated heterocycles. The summed E-state index contributed by atoms with van der Waals surface area (Å²) in [5.41, 5.74) is 2.65. The Bertz CT molecular complexity index is 607. The smallest absolute Gasteiger partial charge is 0.191 e. The zero-order valence-corrected chi connectivity index (χ0v) is 17.8. The molecule has 0 radical (unpaired) electrons. The molecule has 0 aromatic heterocycles. The molecular formula is C21H34N4OS. The van der Waals surface area contributed by atoms with E-state index in [2.05, 4.69) is 70.4 Å². The molecule has 0 saturated carbocycles. The van der Waals surface area contributed by atoms with Gasteiger partial charge in [0.2, 0.25) is 0 Å². The first-order valence-electron chi connectivity index (χ1n) is 10.1. The summed E-state index contributed by atoms with van der Waals surface area (Å²) < 4.78 is 5.89. The van der Waals surface area contributed by atoms with Gasteiger partial charge in [0, 0.05) is 38.0 Å². The zero-order valence-electron chi connectivity index (χ0n) is 17.0. The van der Waals surface area contributed by atoms with E-state index >= 15 is 0 Å². The van der Waals surface area contributed by atoms with Crippen LogP contribution in [-0.2, 0) is 4.74 Å². The Labute approximate surface area is 168 Å². The Balaban J connectivity index is 1.61. The highest BCUT2D eigenvalue weighted by molar-refractivity contribution is 8.00. The maximum atomic E-state index is 5.56. The molecule has 2 unspecified atom stereocenters. The highest BCUT2D eigenvalue weighted by atomic mass is 32.2. The fourth-order valence-electron chi connectivity index (χ4n) is 3.80. The molecule has 2 aliphatic heterocycles. The predicted molar refractivity (Wildman–Crippen MR) is 116 cm³/mol. The van der Waals surface area contributed by atoms with E-state index in [9.17, 15) is 0 Å². The number of thioether (sulfide) groups is 1. The zero-order chi connectivity index (χ0) is 19.1. The average molecular weight is 391 g/mol. The van der Waals surface area contributed by atoms with Crippen LogP contribution < -0.4 is 10.6 Å². The second-order valence-electron chi connectivity index (χ2n) is 7.78. The van der Waals surface area contributed by atoms with Gasteiger partial charge in [0.05, 0.1) is 19.3 Å². The summed E-state index contributed by atoms with van der Waals surface area (Å²) in [6, 6.07) is 9.24. The molecule has 0 bridgehead atoms. The van der Waals surface area contributed by atoms with Crippen molar-refractivity contribution in [3.05, 3.63) is 35.4 Å². The SMILES string of the molecule is CN=C(NCC(c1ccc(C)cc1)N1CCOCC1)NCC1(C)CCCS1. The molecule has 2 fully saturated rings. The fraction of sp³-hybridized carbons (Fsp3) is 0.667. The molecule has 5 nitrogen and oxygen atoms in total. The fourth-order valence-corrected chi connectivity index (χ4v) is 5.04. The number of nitrogens with one attached hydrogen (secondary N) is 2. The Kier molecular flexibility index (Phi) is 7.44. The molecule has 2 N–H and O–H groups in total. The Hall–Kier alpha value is -1.24. The van der Waals surface area contributed by atoms with Gasteiger partial charge in [0.1, 0.15) is 0 Å². The Morgan fingerprint density at radius 1 is 1.26 bits per heavy atom. The van der Waals surface area contributed by atoms with Gasteiger partial charge in [-0.3, -0.25) is 9.89 Å². The number of aryl methyl sites for hydroxylation is 1. The van der Waals surface area contributed by atoms with Gasteiger partial charge in [-0.2, -0.15) is 11.8 Å². The lowest BCUT2D eigenvalue weighted by Crippen LogP contribution is -2.48. The molecule has 2 atom stereocenters. The van der Waals surface area contributed by atoms with Gasteiger partial charge in [-0.05, 0) is 38.0 Å². The van der Waals surface area contributed by atoms with Crippen LogP contribution in [0.15, 0.2) is 29.3 Å². The Morgan fingerprint density at radius 2 is 2.00 bits per heavy atom. The van der Waals surface area contributed by atoms with Crippen molar-refractivity contribution in [1.82, 2.24) is 15.5 Å². The molecule has 3 rings (SSSR count). The molecule has 1 aromatic carbocycles. The predicted octanol–water partition coefficient (Wildman–Crippen LogP) is 2.82. The minimum absolute atomic E-state index is 0.324. The summed E-state index contributed by atoms with van der Waals surface area (Å²) in [4.78, 5) is 6.96. The number of benzene rings is 1. The quantitative estimate of drug-likeness (QED) is 0.578. The lowest BCUT2D eigenvalue weighted by molar-refractivity contribution is 0.0170. The molecule has 150 valence electrons. The number of aliphatic imine (C=N–C) groups is 1. The average Bonchev–Trinajstić information content (AvgIpc) is 3.13. The standard InChI is InChI=1S/C21H34N4OS/c1-17-5-7-18(8-6-17)19(25-10-12-26-13-11-25)15-23-20(22-3)24-16-21(2)9-4-14-27-21/h5-8,19H,4,9-16H2,1-3H3,(H2,22,23,24). The third-order valence-electron chi connectivity index (χ3n) is 5.57. The van der Waals surface area contributed by atoms with Crippen LogP contribution in [0.3, 0.4) is 0 Å². The summed E-state index contributed by atoms with van der Waals surface area (Å²) in [6.45, 7) is 9.86. The molecule has 6 heteroatoms. The van der Waals surface area contributed by atoms with Crippen molar-refractivity contribution in [2.24, 2.45) is 4.99 Å².